The quantitative estimate of drug-likeness (QED) is 0.831. The Hall–Kier alpha value is -0.940. The van der Waals surface area contributed by atoms with Crippen LogP contribution in [0.15, 0.2) is 12.1 Å². The van der Waals surface area contributed by atoms with Gasteiger partial charge in [-0.3, -0.25) is 0 Å². The van der Waals surface area contributed by atoms with E-state index < -0.39 is 9.05 Å². The lowest BCUT2D eigenvalue weighted by atomic mass is 10.1. The Kier molecular flexibility index (Phi) is 3.46. The largest absolute Gasteiger partial charge is 0.504 e. The average Bonchev–Trinajstić information content (AvgIpc) is 2.07. The number of phenolic OH excluding ortho intramolecular Hbond substituents is 1. The van der Waals surface area contributed by atoms with Crippen molar-refractivity contribution in [1.82, 2.24) is 0 Å². The van der Waals surface area contributed by atoms with Crippen molar-refractivity contribution in [2.75, 3.05) is 7.11 Å². The molecular weight excluding hydrogens is 240 g/mol. The van der Waals surface area contributed by atoms with Crippen LogP contribution in [0.2, 0.25) is 0 Å². The van der Waals surface area contributed by atoms with E-state index in [0.717, 1.165) is 0 Å². The van der Waals surface area contributed by atoms with Gasteiger partial charge in [-0.25, -0.2) is 8.42 Å². The third kappa shape index (κ3) is 3.28. The number of hydrogen-bond acceptors (Lipinski definition) is 4. The maximum Gasteiger partial charge on any atom is 0.236 e. The molecule has 6 heteroatoms. The molecule has 15 heavy (non-hydrogen) atoms. The van der Waals surface area contributed by atoms with Gasteiger partial charge in [-0.15, -0.1) is 0 Å². The first kappa shape index (κ1) is 12.1. The summed E-state index contributed by atoms with van der Waals surface area (Å²) in [5, 5.41) is 9.41. The molecule has 84 valence electrons. The summed E-state index contributed by atoms with van der Waals surface area (Å²) in [7, 11) is 2.93. The number of phenols is 1. The molecule has 0 saturated carbocycles. The Morgan fingerprint density at radius 2 is 2.07 bits per heavy atom. The second kappa shape index (κ2) is 4.28. The van der Waals surface area contributed by atoms with Crippen LogP contribution in [0, 0.1) is 6.92 Å². The van der Waals surface area contributed by atoms with Crippen LogP contribution in [-0.2, 0) is 14.8 Å². The Labute approximate surface area is 92.9 Å². The summed E-state index contributed by atoms with van der Waals surface area (Å²) in [5.41, 5.74) is 1.16. The topological polar surface area (TPSA) is 63.6 Å². The van der Waals surface area contributed by atoms with E-state index >= 15 is 0 Å². The Morgan fingerprint density at radius 1 is 1.47 bits per heavy atom. The molecule has 0 aliphatic carbocycles. The molecule has 0 amide bonds. The zero-order valence-electron chi connectivity index (χ0n) is 8.32. The van der Waals surface area contributed by atoms with E-state index in [9.17, 15) is 13.5 Å². The zero-order valence-corrected chi connectivity index (χ0v) is 9.89. The Morgan fingerprint density at radius 3 is 2.53 bits per heavy atom. The van der Waals surface area contributed by atoms with Gasteiger partial charge in [0.05, 0.1) is 12.9 Å². The summed E-state index contributed by atoms with van der Waals surface area (Å²) in [6.45, 7) is 1.69. The minimum Gasteiger partial charge on any atom is -0.504 e. The van der Waals surface area contributed by atoms with Crippen LogP contribution in [0.3, 0.4) is 0 Å². The van der Waals surface area contributed by atoms with Gasteiger partial charge in [-0.1, -0.05) is 0 Å². The van der Waals surface area contributed by atoms with Gasteiger partial charge in [-0.05, 0) is 30.2 Å². The van der Waals surface area contributed by atoms with Crippen molar-refractivity contribution in [3.05, 3.63) is 23.3 Å². The molecule has 0 aliphatic rings. The molecule has 0 spiro atoms. The van der Waals surface area contributed by atoms with Crippen molar-refractivity contribution in [1.29, 1.82) is 0 Å². The molecule has 0 radical (unpaired) electrons. The third-order valence-electron chi connectivity index (χ3n) is 1.97. The number of ether oxygens (including phenoxy) is 1. The summed E-state index contributed by atoms with van der Waals surface area (Å²) >= 11 is 0. The first-order valence-corrected chi connectivity index (χ1v) is 6.60. The second-order valence-electron chi connectivity index (χ2n) is 3.13. The van der Waals surface area contributed by atoms with E-state index in [0.29, 0.717) is 11.1 Å². The fourth-order valence-corrected chi connectivity index (χ4v) is 2.25. The van der Waals surface area contributed by atoms with E-state index in [1.807, 2.05) is 0 Å². The number of halogens is 1. The fourth-order valence-electron chi connectivity index (χ4n) is 1.22. The molecule has 0 atom stereocenters. The summed E-state index contributed by atoms with van der Waals surface area (Å²) in [6.07, 6.45) is 0. The summed E-state index contributed by atoms with van der Waals surface area (Å²) in [5.74, 6) is -0.0709. The molecule has 1 N–H and O–H groups in total. The summed E-state index contributed by atoms with van der Waals surface area (Å²) < 4.78 is 26.7. The van der Waals surface area contributed by atoms with Crippen molar-refractivity contribution in [2.45, 2.75) is 12.7 Å². The zero-order chi connectivity index (χ0) is 11.6. The Bertz CT molecular complexity index is 467. The molecule has 0 saturated heterocycles. The predicted octanol–water partition coefficient (Wildman–Crippen LogP) is 1.78. The number of benzene rings is 1. The van der Waals surface area contributed by atoms with Crippen LogP contribution < -0.4 is 4.74 Å². The fraction of sp³-hybridized carbons (Fsp3) is 0.333. The lowest BCUT2D eigenvalue weighted by molar-refractivity contribution is 0.373. The molecule has 4 nitrogen and oxygen atoms in total. The number of hydrogen-bond donors (Lipinski definition) is 1. The highest BCUT2D eigenvalue weighted by atomic mass is 35.7. The third-order valence-corrected chi connectivity index (χ3v) is 2.95. The highest BCUT2D eigenvalue weighted by molar-refractivity contribution is 8.13. The van der Waals surface area contributed by atoms with Crippen molar-refractivity contribution in [3.63, 3.8) is 0 Å². The predicted molar refractivity (Wildman–Crippen MR) is 57.9 cm³/mol. The van der Waals surface area contributed by atoms with Crippen molar-refractivity contribution in [3.8, 4) is 11.5 Å². The highest BCUT2D eigenvalue weighted by Crippen LogP contribution is 2.30. The van der Waals surface area contributed by atoms with E-state index in [-0.39, 0.29) is 17.3 Å². The van der Waals surface area contributed by atoms with Gasteiger partial charge >= 0.3 is 0 Å². The van der Waals surface area contributed by atoms with E-state index in [1.165, 1.54) is 19.2 Å². The van der Waals surface area contributed by atoms with Crippen molar-refractivity contribution in [2.24, 2.45) is 0 Å². The van der Waals surface area contributed by atoms with Crippen LogP contribution >= 0.6 is 10.7 Å². The number of aromatic hydroxyl groups is 1. The molecule has 0 heterocycles. The number of rotatable bonds is 3. The average molecular weight is 251 g/mol. The van der Waals surface area contributed by atoms with Gasteiger partial charge in [0.2, 0.25) is 9.05 Å². The smallest absolute Gasteiger partial charge is 0.236 e. The first-order valence-electron chi connectivity index (χ1n) is 4.12. The summed E-state index contributed by atoms with van der Waals surface area (Å²) in [6, 6.07) is 2.90. The molecular formula is C9H11ClO4S. The van der Waals surface area contributed by atoms with Crippen LogP contribution in [0.1, 0.15) is 11.1 Å². The van der Waals surface area contributed by atoms with Crippen LogP contribution in [0.5, 0.6) is 11.5 Å². The maximum atomic E-state index is 10.9. The van der Waals surface area contributed by atoms with Gasteiger partial charge in [0.15, 0.2) is 11.5 Å². The lowest BCUT2D eigenvalue weighted by Gasteiger charge is -2.08. The maximum absolute atomic E-state index is 10.9. The first-order chi connectivity index (χ1) is 6.83. The highest BCUT2D eigenvalue weighted by Gasteiger charge is 2.13. The van der Waals surface area contributed by atoms with E-state index in [4.69, 9.17) is 15.4 Å². The summed E-state index contributed by atoms with van der Waals surface area (Å²) in [4.78, 5) is 0. The van der Waals surface area contributed by atoms with Crippen LogP contribution in [-0.4, -0.2) is 20.6 Å². The van der Waals surface area contributed by atoms with E-state index in [2.05, 4.69) is 0 Å². The van der Waals surface area contributed by atoms with Crippen molar-refractivity contribution < 1.29 is 18.3 Å². The van der Waals surface area contributed by atoms with Gasteiger partial charge in [-0.2, -0.15) is 0 Å². The van der Waals surface area contributed by atoms with E-state index in [1.54, 1.807) is 6.92 Å². The monoisotopic (exact) mass is 250 g/mol. The molecule has 0 bridgehead atoms. The van der Waals surface area contributed by atoms with Gasteiger partial charge in [0, 0.05) is 10.7 Å². The van der Waals surface area contributed by atoms with Crippen molar-refractivity contribution >= 4 is 19.7 Å². The molecule has 0 aliphatic heterocycles. The molecule has 0 aromatic heterocycles. The number of aryl methyl sites for hydroxylation is 1. The minimum atomic E-state index is -3.60. The lowest BCUT2D eigenvalue weighted by Crippen LogP contribution is -1.98. The molecule has 0 unspecified atom stereocenters. The van der Waals surface area contributed by atoms with Crippen LogP contribution in [0.25, 0.3) is 0 Å². The molecule has 0 fully saturated rings. The van der Waals surface area contributed by atoms with Crippen LogP contribution in [0.4, 0.5) is 0 Å². The number of methoxy groups -OCH3 is 1. The Balaban J connectivity index is 3.19. The van der Waals surface area contributed by atoms with Gasteiger partial charge < -0.3 is 9.84 Å². The normalized spacial score (nSPS) is 11.4. The minimum absolute atomic E-state index is 0.0225. The SMILES string of the molecule is COc1cc(CS(=O)(=O)Cl)c(C)cc1O. The molecule has 1 aromatic rings. The van der Waals surface area contributed by atoms with Gasteiger partial charge in [0.1, 0.15) is 0 Å². The van der Waals surface area contributed by atoms with Gasteiger partial charge in [0.25, 0.3) is 0 Å². The molecule has 1 rings (SSSR count). The standard InChI is InChI=1S/C9H11ClO4S/c1-6-3-8(11)9(14-2)4-7(6)5-15(10,12)13/h3-4,11H,5H2,1-2H3. The second-order valence-corrected chi connectivity index (χ2v) is 5.91. The molecule has 1 aromatic carbocycles.